The van der Waals surface area contributed by atoms with Crippen LogP contribution in [0.5, 0.6) is 0 Å². The molecule has 7 fully saturated rings. The number of carbonyl (C=O) groups excluding carboxylic acids is 2. The summed E-state index contributed by atoms with van der Waals surface area (Å²) in [7, 11) is 0. The van der Waals surface area contributed by atoms with Gasteiger partial charge in [0.15, 0.2) is 0 Å². The zero-order chi connectivity index (χ0) is 40.7. The molecular formula is C46H73N4O8+. The predicted molar refractivity (Wildman–Crippen MR) is 217 cm³/mol. The lowest BCUT2D eigenvalue weighted by Crippen LogP contribution is -2.95. The first-order valence-electron chi connectivity index (χ1n) is 23.2. The van der Waals surface area contributed by atoms with Gasteiger partial charge in [0.25, 0.3) is 0 Å². The van der Waals surface area contributed by atoms with E-state index in [9.17, 15) is 24.9 Å². The minimum atomic E-state index is -1.08. The summed E-state index contributed by atoms with van der Waals surface area (Å²) >= 11 is 0. The summed E-state index contributed by atoms with van der Waals surface area (Å²) in [6, 6.07) is 0. The maximum absolute atomic E-state index is 14.4. The van der Waals surface area contributed by atoms with Crippen LogP contribution in [-0.2, 0) is 23.8 Å². The summed E-state index contributed by atoms with van der Waals surface area (Å²) in [5, 5.41) is 39.8. The highest BCUT2D eigenvalue weighted by molar-refractivity contribution is 5.89. The maximum atomic E-state index is 14.4. The van der Waals surface area contributed by atoms with E-state index in [1.165, 1.54) is 0 Å². The van der Waals surface area contributed by atoms with Crippen molar-refractivity contribution in [3.63, 3.8) is 0 Å². The van der Waals surface area contributed by atoms with Crippen molar-refractivity contribution >= 4 is 11.8 Å². The first-order valence-corrected chi connectivity index (χ1v) is 23.2. The molecule has 2 bridgehead atoms. The van der Waals surface area contributed by atoms with Gasteiger partial charge in [0.05, 0.1) is 55.8 Å². The van der Waals surface area contributed by atoms with Gasteiger partial charge in [0.2, 0.25) is 0 Å². The number of ether oxygens (including phenoxy) is 3. The fourth-order valence-corrected chi connectivity index (χ4v) is 13.6. The Morgan fingerprint density at radius 2 is 1.83 bits per heavy atom. The summed E-state index contributed by atoms with van der Waals surface area (Å²) in [6.45, 7) is 5.42. The normalized spacial score (nSPS) is 47.7. The molecule has 5 aliphatic heterocycles. The number of rotatable bonds is 8. The second-order valence-corrected chi connectivity index (χ2v) is 20.0. The number of quaternary nitrogens is 1. The number of esters is 1. The van der Waals surface area contributed by atoms with Crippen LogP contribution in [0, 0.1) is 71.0 Å². The fourth-order valence-electron chi connectivity index (χ4n) is 13.6. The second kappa shape index (κ2) is 18.2. The third-order valence-corrected chi connectivity index (χ3v) is 16.6. The molecule has 0 spiro atoms. The molecule has 10 N–H and O–H groups in total. The smallest absolute Gasteiger partial charge is 0.334 e. The Balaban J connectivity index is 1.27. The van der Waals surface area contributed by atoms with Crippen LogP contribution >= 0.6 is 0 Å². The van der Waals surface area contributed by atoms with E-state index in [1.54, 1.807) is 0 Å². The number of aliphatic hydroxyl groups excluding tert-OH is 3. The summed E-state index contributed by atoms with van der Waals surface area (Å²) in [5.74, 6) is 6.09. The number of allylic oxidation sites excluding steroid dienone is 1. The largest absolute Gasteiger partial charge is 0.456 e. The molecule has 13 unspecified atom stereocenters. The Kier molecular flexibility index (Phi) is 13.4. The molecule has 324 valence electrons. The van der Waals surface area contributed by atoms with E-state index in [4.69, 9.17) is 25.7 Å². The molecule has 12 nitrogen and oxygen atoms in total. The minimum absolute atomic E-state index is 0.0347. The molecule has 0 aromatic carbocycles. The van der Waals surface area contributed by atoms with Crippen LogP contribution in [0.3, 0.4) is 0 Å². The molecule has 0 amide bonds. The number of Topliss-reactive ketones (excluding diaryl/α,β-unsaturated/α-hetero) is 1. The van der Waals surface area contributed by atoms with Crippen LogP contribution < -0.4 is 22.1 Å². The molecule has 58 heavy (non-hydrogen) atoms. The SMILES string of the molecule is CC=C(C(=O)O[C@H]1CC2C(O)C3C(=O)CC(CO)OC3C3C2O[C@@]1(C)[C@H](CC1CCC(N)[NH2+]C1)CC#C[C@H](C1CCCC(O)C1)[C@@H]3C1CCNC(N)C1)C1CCCC1. The first-order chi connectivity index (χ1) is 28.0. The summed E-state index contributed by atoms with van der Waals surface area (Å²) in [5.41, 5.74) is 12.8. The molecule has 18 atom stereocenters. The van der Waals surface area contributed by atoms with E-state index >= 15 is 0 Å². The third-order valence-electron chi connectivity index (χ3n) is 16.6. The Labute approximate surface area is 345 Å². The number of aliphatic hydroxyl groups is 3. The molecule has 4 saturated heterocycles. The topological polar surface area (TPSA) is 203 Å². The Bertz CT molecular complexity index is 1550. The molecule has 0 aromatic heterocycles. The molecule has 12 heteroatoms. The monoisotopic (exact) mass is 810 g/mol. The second-order valence-electron chi connectivity index (χ2n) is 20.0. The van der Waals surface area contributed by atoms with E-state index < -0.39 is 54.1 Å². The molecule has 3 saturated carbocycles. The highest BCUT2D eigenvalue weighted by Crippen LogP contribution is 2.57. The standard InChI is InChI=1S/C46H72N4O8/c1-3-32(26-8-4-5-9-26)45(55)57-36-22-34-42(54)40-35(53)21-31(24-51)56-44(40)41-39(28-16-17-49-38(48)20-28)33(27-10-6-12-30(52)19-27)13-7-11-29(46(36,2)58-43(34)41)18-25-14-15-37(47)50-23-25/h3,25-31,33-34,36-44,49-52,54H,4-6,8-12,14-24,47-48H2,1-2H3/p+1/t25?,27?,28?,29-,30?,31?,33+,34?,36-,37?,38?,39-,40?,41?,42?,43?,44?,46-/m0/s1. The van der Waals surface area contributed by atoms with Crippen molar-refractivity contribution in [1.29, 1.82) is 0 Å². The number of carbonyl (C=O) groups is 2. The van der Waals surface area contributed by atoms with Crippen molar-refractivity contribution in [2.45, 2.75) is 171 Å². The van der Waals surface area contributed by atoms with Gasteiger partial charge in [-0.2, -0.15) is 0 Å². The van der Waals surface area contributed by atoms with Crippen LogP contribution in [0.2, 0.25) is 0 Å². The Hall–Kier alpha value is -1.92. The first kappa shape index (κ1) is 42.8. The van der Waals surface area contributed by atoms with Gasteiger partial charge in [0.1, 0.15) is 23.7 Å². The van der Waals surface area contributed by atoms with Gasteiger partial charge in [-0.25, -0.2) is 4.79 Å². The van der Waals surface area contributed by atoms with Crippen LogP contribution in [0.25, 0.3) is 0 Å². The lowest BCUT2D eigenvalue weighted by atomic mass is 9.53. The summed E-state index contributed by atoms with van der Waals surface area (Å²) < 4.78 is 21.4. The average Bonchev–Trinajstić information content (AvgIpc) is 3.74. The third kappa shape index (κ3) is 8.48. The average molecular weight is 810 g/mol. The molecule has 3 aliphatic carbocycles. The zero-order valence-electron chi connectivity index (χ0n) is 35.0. The van der Waals surface area contributed by atoms with Crippen molar-refractivity contribution in [2.24, 2.45) is 70.6 Å². The van der Waals surface area contributed by atoms with Crippen LogP contribution in [-0.4, -0.2) is 101 Å². The van der Waals surface area contributed by atoms with Crippen molar-refractivity contribution in [3.05, 3.63) is 11.6 Å². The predicted octanol–water partition coefficient (Wildman–Crippen LogP) is 2.26. The van der Waals surface area contributed by atoms with E-state index in [2.05, 4.69) is 29.4 Å². The van der Waals surface area contributed by atoms with Gasteiger partial charge in [-0.3, -0.25) is 10.5 Å². The molecule has 8 rings (SSSR count). The van der Waals surface area contributed by atoms with Crippen LogP contribution in [0.4, 0.5) is 0 Å². The van der Waals surface area contributed by atoms with Gasteiger partial charge in [0, 0.05) is 54.4 Å². The molecule has 0 aromatic rings. The molecule has 8 aliphatic rings. The maximum Gasteiger partial charge on any atom is 0.334 e. The van der Waals surface area contributed by atoms with Gasteiger partial charge in [-0.05, 0) is 108 Å². The van der Waals surface area contributed by atoms with Crippen LogP contribution in [0.15, 0.2) is 11.6 Å². The lowest BCUT2D eigenvalue weighted by Gasteiger charge is -2.62. The van der Waals surface area contributed by atoms with Crippen molar-refractivity contribution in [2.75, 3.05) is 19.7 Å². The van der Waals surface area contributed by atoms with Crippen LogP contribution in [0.1, 0.15) is 117 Å². The number of nitrogens with two attached hydrogens (primary N) is 3. The van der Waals surface area contributed by atoms with E-state index in [-0.39, 0.29) is 78.5 Å². The Morgan fingerprint density at radius 3 is 2.53 bits per heavy atom. The van der Waals surface area contributed by atoms with Gasteiger partial charge in [-0.1, -0.05) is 31.3 Å². The number of piperidine rings is 2. The number of hydrogen-bond donors (Lipinski definition) is 7. The molecule has 5 heterocycles. The van der Waals surface area contributed by atoms with E-state index in [1.807, 2.05) is 13.0 Å². The highest BCUT2D eigenvalue weighted by Gasteiger charge is 2.65. The van der Waals surface area contributed by atoms with Crippen molar-refractivity contribution in [3.8, 4) is 11.8 Å². The molecular weight excluding hydrogens is 737 g/mol. The van der Waals surface area contributed by atoms with Gasteiger partial charge < -0.3 is 45.9 Å². The number of hydrogen-bond acceptors (Lipinski definition) is 11. The zero-order valence-corrected chi connectivity index (χ0v) is 35.0. The van der Waals surface area contributed by atoms with E-state index in [0.717, 1.165) is 95.7 Å². The van der Waals surface area contributed by atoms with Gasteiger partial charge >= 0.3 is 5.97 Å². The number of nitrogens with one attached hydrogen (secondary N) is 1. The molecule has 0 radical (unpaired) electrons. The summed E-state index contributed by atoms with van der Waals surface area (Å²) in [4.78, 5) is 28.7. The van der Waals surface area contributed by atoms with E-state index in [0.29, 0.717) is 25.2 Å². The number of fused-ring (bicyclic) bond motifs is 3. The van der Waals surface area contributed by atoms with Crippen molar-refractivity contribution in [1.82, 2.24) is 5.32 Å². The van der Waals surface area contributed by atoms with Crippen molar-refractivity contribution < 1.29 is 44.4 Å². The Morgan fingerprint density at radius 1 is 1.02 bits per heavy atom. The highest BCUT2D eigenvalue weighted by atomic mass is 16.6. The van der Waals surface area contributed by atoms with Gasteiger partial charge in [-0.15, -0.1) is 5.92 Å². The minimum Gasteiger partial charge on any atom is -0.456 e. The summed E-state index contributed by atoms with van der Waals surface area (Å²) in [6.07, 6.45) is 10.5. The number of ketones is 1. The quantitative estimate of drug-likeness (QED) is 0.108. The fraction of sp³-hybridized carbons (Fsp3) is 0.870. The lowest BCUT2D eigenvalue weighted by molar-refractivity contribution is -0.703.